The number of nitrogens with one attached hydrogen (secondary N) is 1. The first-order valence-electron chi connectivity index (χ1n) is 8.49. The van der Waals surface area contributed by atoms with Crippen LogP contribution in [0.2, 0.25) is 0 Å². The molecule has 1 heterocycles. The Bertz CT molecular complexity index is 771. The predicted molar refractivity (Wildman–Crippen MR) is 102 cm³/mol. The average molecular weight is 347 g/mol. The van der Waals surface area contributed by atoms with Crippen molar-refractivity contribution in [2.45, 2.75) is 12.5 Å². The number of carbonyl (C=O) groups is 1. The van der Waals surface area contributed by atoms with Gasteiger partial charge in [-0.2, -0.15) is 0 Å². The van der Waals surface area contributed by atoms with Crippen LogP contribution in [0, 0.1) is 0 Å². The Balaban J connectivity index is 1.81. The van der Waals surface area contributed by atoms with Crippen LogP contribution in [0.4, 0.5) is 16.2 Å². The zero-order valence-corrected chi connectivity index (χ0v) is 14.3. The minimum absolute atomic E-state index is 0.167. The molecule has 3 rings (SSSR count). The molecule has 0 unspecified atom stereocenters. The lowest BCUT2D eigenvalue weighted by molar-refractivity contribution is 0.221. The zero-order valence-electron chi connectivity index (χ0n) is 14.3. The van der Waals surface area contributed by atoms with Gasteiger partial charge in [0.2, 0.25) is 0 Å². The van der Waals surface area contributed by atoms with E-state index in [0.29, 0.717) is 6.42 Å². The number of aliphatic hydroxyl groups excluding tert-OH is 1. The molecule has 1 aromatic heterocycles. The number of nitrogens with zero attached hydrogens (tertiary/aromatic N) is 2. The van der Waals surface area contributed by atoms with Crippen molar-refractivity contribution in [1.29, 1.82) is 0 Å². The van der Waals surface area contributed by atoms with Gasteiger partial charge in [0.1, 0.15) is 0 Å². The maximum absolute atomic E-state index is 13.0. The maximum atomic E-state index is 13.0. The summed E-state index contributed by atoms with van der Waals surface area (Å²) in [5, 5.41) is 12.6. The zero-order chi connectivity index (χ0) is 18.2. The van der Waals surface area contributed by atoms with Gasteiger partial charge in [0.15, 0.2) is 0 Å². The van der Waals surface area contributed by atoms with Gasteiger partial charge in [-0.05, 0) is 36.4 Å². The van der Waals surface area contributed by atoms with Crippen LogP contribution in [0.25, 0.3) is 0 Å². The van der Waals surface area contributed by atoms with Crippen LogP contribution in [0.5, 0.6) is 0 Å². The van der Waals surface area contributed by atoms with Gasteiger partial charge in [-0.3, -0.25) is 9.88 Å². The Morgan fingerprint density at radius 1 is 0.923 bits per heavy atom. The van der Waals surface area contributed by atoms with Crippen LogP contribution in [0.1, 0.15) is 5.69 Å². The number of amides is 2. The molecule has 0 saturated carbocycles. The van der Waals surface area contributed by atoms with Crippen molar-refractivity contribution in [1.82, 2.24) is 10.3 Å². The predicted octanol–water partition coefficient (Wildman–Crippen LogP) is 3.53. The summed E-state index contributed by atoms with van der Waals surface area (Å²) in [5.74, 6) is 0. The SMILES string of the molecule is O=C(N[C@@H](CO)Cc1ccccn1)N(c1ccccc1)c1ccccc1. The van der Waals surface area contributed by atoms with Gasteiger partial charge in [0.25, 0.3) is 0 Å². The van der Waals surface area contributed by atoms with Gasteiger partial charge in [0.05, 0.1) is 24.0 Å². The molecule has 0 spiro atoms. The highest BCUT2D eigenvalue weighted by molar-refractivity contribution is 5.99. The number of para-hydroxylation sites is 2. The number of benzene rings is 2. The summed E-state index contributed by atoms with van der Waals surface area (Å²) in [6, 6.07) is 23.7. The normalized spacial score (nSPS) is 11.6. The van der Waals surface area contributed by atoms with Gasteiger partial charge in [0, 0.05) is 18.3 Å². The molecule has 0 aliphatic rings. The smallest absolute Gasteiger partial charge is 0.326 e. The lowest BCUT2D eigenvalue weighted by Gasteiger charge is -2.26. The van der Waals surface area contributed by atoms with Crippen molar-refractivity contribution in [3.05, 3.63) is 90.8 Å². The molecule has 0 fully saturated rings. The molecule has 1 atom stereocenters. The van der Waals surface area contributed by atoms with Crippen molar-refractivity contribution >= 4 is 17.4 Å². The summed E-state index contributed by atoms with van der Waals surface area (Å²) in [6.45, 7) is -0.167. The molecule has 0 aliphatic carbocycles. The van der Waals surface area contributed by atoms with Crippen LogP contribution in [0.3, 0.4) is 0 Å². The number of anilines is 2. The Morgan fingerprint density at radius 2 is 1.50 bits per heavy atom. The third-order valence-corrected chi connectivity index (χ3v) is 3.96. The summed E-state index contributed by atoms with van der Waals surface area (Å²) in [4.78, 5) is 18.8. The molecular formula is C21H21N3O2. The van der Waals surface area contributed by atoms with Gasteiger partial charge >= 0.3 is 6.03 Å². The summed E-state index contributed by atoms with van der Waals surface area (Å²) < 4.78 is 0. The van der Waals surface area contributed by atoms with E-state index in [1.807, 2.05) is 78.9 Å². The molecule has 3 aromatic rings. The van der Waals surface area contributed by atoms with Gasteiger partial charge in [-0.1, -0.05) is 42.5 Å². The number of urea groups is 1. The van der Waals surface area contributed by atoms with E-state index in [-0.39, 0.29) is 12.6 Å². The van der Waals surface area contributed by atoms with Crippen molar-refractivity contribution in [3.63, 3.8) is 0 Å². The van der Waals surface area contributed by atoms with E-state index < -0.39 is 6.04 Å². The van der Waals surface area contributed by atoms with Gasteiger partial charge < -0.3 is 10.4 Å². The molecule has 132 valence electrons. The standard InChI is InChI=1S/C21H21N3O2/c25-16-18(15-17-9-7-8-14-22-17)23-21(26)24(19-10-3-1-4-11-19)20-12-5-2-6-13-20/h1-14,18,25H,15-16H2,(H,23,26)/t18-/m1/s1. The van der Waals surface area contributed by atoms with Crippen molar-refractivity contribution in [2.24, 2.45) is 0 Å². The van der Waals surface area contributed by atoms with E-state index in [0.717, 1.165) is 17.1 Å². The second kappa shape index (κ2) is 8.78. The van der Waals surface area contributed by atoms with E-state index in [1.165, 1.54) is 0 Å². The highest BCUT2D eigenvalue weighted by Gasteiger charge is 2.21. The molecule has 2 N–H and O–H groups in total. The van der Waals surface area contributed by atoms with E-state index in [2.05, 4.69) is 10.3 Å². The van der Waals surface area contributed by atoms with Crippen molar-refractivity contribution in [3.8, 4) is 0 Å². The minimum Gasteiger partial charge on any atom is -0.394 e. The first-order valence-corrected chi connectivity index (χ1v) is 8.49. The summed E-state index contributed by atoms with van der Waals surface area (Å²) in [7, 11) is 0. The quantitative estimate of drug-likeness (QED) is 0.717. The number of hydrogen-bond donors (Lipinski definition) is 2. The van der Waals surface area contributed by atoms with E-state index in [1.54, 1.807) is 11.1 Å². The molecule has 2 aromatic carbocycles. The van der Waals surface area contributed by atoms with E-state index in [4.69, 9.17) is 0 Å². The fourth-order valence-corrected chi connectivity index (χ4v) is 2.71. The highest BCUT2D eigenvalue weighted by atomic mass is 16.3. The number of rotatable bonds is 6. The second-order valence-corrected chi connectivity index (χ2v) is 5.86. The second-order valence-electron chi connectivity index (χ2n) is 5.86. The molecule has 26 heavy (non-hydrogen) atoms. The third-order valence-electron chi connectivity index (χ3n) is 3.96. The fraction of sp³-hybridized carbons (Fsp3) is 0.143. The lowest BCUT2D eigenvalue weighted by atomic mass is 10.1. The molecule has 5 heteroatoms. The molecule has 5 nitrogen and oxygen atoms in total. The third kappa shape index (κ3) is 4.46. The van der Waals surface area contributed by atoms with Crippen LogP contribution in [-0.2, 0) is 6.42 Å². The van der Waals surface area contributed by atoms with E-state index in [9.17, 15) is 9.90 Å². The van der Waals surface area contributed by atoms with Crippen LogP contribution < -0.4 is 10.2 Å². The summed E-state index contributed by atoms with van der Waals surface area (Å²) >= 11 is 0. The Morgan fingerprint density at radius 3 is 2.00 bits per heavy atom. The number of hydrogen-bond acceptors (Lipinski definition) is 3. The van der Waals surface area contributed by atoms with Crippen molar-refractivity contribution in [2.75, 3.05) is 11.5 Å². The number of carbonyl (C=O) groups excluding carboxylic acids is 1. The summed E-state index contributed by atoms with van der Waals surface area (Å²) in [6.07, 6.45) is 2.16. The Labute approximate surface area is 152 Å². The number of pyridine rings is 1. The molecule has 2 amide bonds. The van der Waals surface area contributed by atoms with Crippen LogP contribution in [0.15, 0.2) is 85.1 Å². The Hall–Kier alpha value is -3.18. The van der Waals surface area contributed by atoms with Gasteiger partial charge in [-0.25, -0.2) is 4.79 Å². The highest BCUT2D eigenvalue weighted by Crippen LogP contribution is 2.25. The molecular weight excluding hydrogens is 326 g/mol. The van der Waals surface area contributed by atoms with Crippen molar-refractivity contribution < 1.29 is 9.90 Å². The first-order chi connectivity index (χ1) is 12.8. The van der Waals surface area contributed by atoms with Crippen LogP contribution in [-0.4, -0.2) is 28.8 Å². The molecule has 0 aliphatic heterocycles. The maximum Gasteiger partial charge on any atom is 0.326 e. The average Bonchev–Trinajstić information content (AvgIpc) is 2.70. The monoisotopic (exact) mass is 347 g/mol. The summed E-state index contributed by atoms with van der Waals surface area (Å²) in [5.41, 5.74) is 2.33. The van der Waals surface area contributed by atoms with Gasteiger partial charge in [-0.15, -0.1) is 0 Å². The van der Waals surface area contributed by atoms with E-state index >= 15 is 0 Å². The molecule has 0 saturated heterocycles. The number of aliphatic hydroxyl groups is 1. The molecule has 0 bridgehead atoms. The minimum atomic E-state index is -0.424. The first kappa shape index (κ1) is 17.6. The molecule has 0 radical (unpaired) electrons. The Kier molecular flexibility index (Phi) is 5.96. The number of aromatic nitrogens is 1. The largest absolute Gasteiger partial charge is 0.394 e. The van der Waals surface area contributed by atoms with Crippen LogP contribution >= 0.6 is 0 Å². The lowest BCUT2D eigenvalue weighted by Crippen LogP contribution is -2.45. The fourth-order valence-electron chi connectivity index (χ4n) is 2.71. The topological polar surface area (TPSA) is 65.5 Å².